The first-order valence-corrected chi connectivity index (χ1v) is 13.9. The monoisotopic (exact) mass is 544 g/mol. The standard InChI is InChI=1S/C27H21ClN6OS2/c28-21-8-3-9-22(13-21)34-25(19-7-4-11-29-14-19)31-32-27(34)37-17-24-30-23(16-36-24)26(35)33-12-10-18-5-1-2-6-20(18)15-33/h1-9,11,13-14,16H,10,12,15,17H2. The molecule has 4 heterocycles. The second kappa shape index (κ2) is 10.5. The zero-order valence-electron chi connectivity index (χ0n) is 19.6. The summed E-state index contributed by atoms with van der Waals surface area (Å²) in [6.45, 7) is 1.33. The molecule has 1 aliphatic rings. The van der Waals surface area contributed by atoms with E-state index in [1.807, 2.05) is 63.4 Å². The van der Waals surface area contributed by atoms with Crippen LogP contribution in [-0.4, -0.2) is 42.1 Å². The number of fused-ring (bicyclic) bond motifs is 1. The number of benzene rings is 2. The Balaban J connectivity index is 1.21. The van der Waals surface area contributed by atoms with Gasteiger partial charge in [0.2, 0.25) is 0 Å². The van der Waals surface area contributed by atoms with E-state index >= 15 is 0 Å². The first-order valence-electron chi connectivity index (χ1n) is 11.7. The van der Waals surface area contributed by atoms with Gasteiger partial charge in [0, 0.05) is 41.4 Å². The molecule has 37 heavy (non-hydrogen) atoms. The highest BCUT2D eigenvalue weighted by Gasteiger charge is 2.24. The van der Waals surface area contributed by atoms with Crippen LogP contribution in [0.25, 0.3) is 17.1 Å². The predicted octanol–water partition coefficient (Wildman–Crippen LogP) is 5.93. The van der Waals surface area contributed by atoms with Crippen molar-refractivity contribution in [3.05, 3.63) is 105 Å². The summed E-state index contributed by atoms with van der Waals surface area (Å²) >= 11 is 9.29. The van der Waals surface area contributed by atoms with E-state index in [9.17, 15) is 4.79 Å². The average molecular weight is 545 g/mol. The van der Waals surface area contributed by atoms with Crippen molar-refractivity contribution >= 4 is 40.6 Å². The number of hydrogen-bond donors (Lipinski definition) is 0. The SMILES string of the molecule is O=C(c1csc(CSc2nnc(-c3cccnc3)n2-c2cccc(Cl)c2)n1)N1CCc2ccccc2C1. The van der Waals surface area contributed by atoms with Crippen LogP contribution in [0.3, 0.4) is 0 Å². The molecule has 2 aromatic carbocycles. The van der Waals surface area contributed by atoms with Gasteiger partial charge in [0.15, 0.2) is 11.0 Å². The van der Waals surface area contributed by atoms with Gasteiger partial charge in [-0.05, 0) is 47.9 Å². The van der Waals surface area contributed by atoms with Gasteiger partial charge in [-0.25, -0.2) is 4.98 Å². The number of carbonyl (C=O) groups excluding carboxylic acids is 1. The number of amides is 1. The van der Waals surface area contributed by atoms with Gasteiger partial charge in [-0.15, -0.1) is 21.5 Å². The van der Waals surface area contributed by atoms with E-state index in [2.05, 4.69) is 32.3 Å². The molecule has 1 amide bonds. The molecule has 7 nitrogen and oxygen atoms in total. The van der Waals surface area contributed by atoms with Crippen molar-refractivity contribution in [3.63, 3.8) is 0 Å². The van der Waals surface area contributed by atoms with E-state index in [1.54, 1.807) is 12.4 Å². The lowest BCUT2D eigenvalue weighted by Crippen LogP contribution is -2.36. The quantitative estimate of drug-likeness (QED) is 0.247. The molecule has 1 aliphatic heterocycles. The van der Waals surface area contributed by atoms with Gasteiger partial charge in [-0.3, -0.25) is 14.3 Å². The topological polar surface area (TPSA) is 76.8 Å². The molecule has 0 radical (unpaired) electrons. The minimum absolute atomic E-state index is 0.0250. The van der Waals surface area contributed by atoms with Gasteiger partial charge >= 0.3 is 0 Å². The molecule has 5 aromatic rings. The van der Waals surface area contributed by atoms with Gasteiger partial charge in [-0.1, -0.05) is 53.7 Å². The van der Waals surface area contributed by atoms with E-state index in [0.29, 0.717) is 40.5 Å². The summed E-state index contributed by atoms with van der Waals surface area (Å²) < 4.78 is 1.97. The zero-order chi connectivity index (χ0) is 25.2. The highest BCUT2D eigenvalue weighted by molar-refractivity contribution is 7.98. The molecule has 0 fully saturated rings. The number of rotatable bonds is 6. The minimum Gasteiger partial charge on any atom is -0.333 e. The van der Waals surface area contributed by atoms with Gasteiger partial charge in [0.1, 0.15) is 10.7 Å². The second-order valence-electron chi connectivity index (χ2n) is 8.52. The normalized spacial score (nSPS) is 12.9. The number of thiazole rings is 1. The van der Waals surface area contributed by atoms with Gasteiger partial charge in [-0.2, -0.15) is 0 Å². The van der Waals surface area contributed by atoms with Crippen LogP contribution in [0.15, 0.2) is 83.6 Å². The first-order chi connectivity index (χ1) is 18.2. The summed E-state index contributed by atoms with van der Waals surface area (Å²) in [7, 11) is 0. The molecular weight excluding hydrogens is 524 g/mol. The second-order valence-corrected chi connectivity index (χ2v) is 10.8. The van der Waals surface area contributed by atoms with Crippen molar-refractivity contribution < 1.29 is 4.79 Å². The largest absolute Gasteiger partial charge is 0.333 e. The maximum Gasteiger partial charge on any atom is 0.273 e. The zero-order valence-corrected chi connectivity index (χ0v) is 22.0. The molecule has 184 valence electrons. The van der Waals surface area contributed by atoms with E-state index < -0.39 is 0 Å². The molecular formula is C27H21ClN6OS2. The Morgan fingerprint density at radius 1 is 1.05 bits per heavy atom. The van der Waals surface area contributed by atoms with Crippen LogP contribution in [0.4, 0.5) is 0 Å². The van der Waals surface area contributed by atoms with Crippen LogP contribution in [0, 0.1) is 0 Å². The number of hydrogen-bond acceptors (Lipinski definition) is 7. The van der Waals surface area contributed by atoms with Gasteiger partial charge in [0.05, 0.1) is 11.4 Å². The third-order valence-electron chi connectivity index (χ3n) is 6.13. The van der Waals surface area contributed by atoms with Gasteiger partial charge in [0.25, 0.3) is 5.91 Å². The Kier molecular flexibility index (Phi) is 6.73. The fourth-order valence-electron chi connectivity index (χ4n) is 4.33. The maximum atomic E-state index is 13.1. The summed E-state index contributed by atoms with van der Waals surface area (Å²) in [5.74, 6) is 1.22. The summed E-state index contributed by atoms with van der Waals surface area (Å²) in [4.78, 5) is 23.9. The molecule has 6 rings (SSSR count). The molecule has 3 aromatic heterocycles. The number of pyridine rings is 1. The van der Waals surface area contributed by atoms with Crippen molar-refractivity contribution in [2.45, 2.75) is 23.9 Å². The van der Waals surface area contributed by atoms with Crippen molar-refractivity contribution in [1.82, 2.24) is 29.6 Å². The van der Waals surface area contributed by atoms with E-state index in [0.717, 1.165) is 22.7 Å². The van der Waals surface area contributed by atoms with Crippen molar-refractivity contribution in [1.29, 1.82) is 0 Å². The number of carbonyl (C=O) groups is 1. The summed E-state index contributed by atoms with van der Waals surface area (Å²) in [5, 5.41) is 12.9. The number of nitrogens with zero attached hydrogens (tertiary/aromatic N) is 6. The molecule has 0 unspecified atom stereocenters. The van der Waals surface area contributed by atoms with E-state index in [1.165, 1.54) is 34.2 Å². The fraction of sp³-hybridized carbons (Fsp3) is 0.148. The molecule has 0 bridgehead atoms. The number of thioether (sulfide) groups is 1. The molecule has 0 N–H and O–H groups in total. The molecule has 0 saturated carbocycles. The summed E-state index contributed by atoms with van der Waals surface area (Å²) in [6.07, 6.45) is 4.35. The predicted molar refractivity (Wildman–Crippen MR) is 146 cm³/mol. The average Bonchev–Trinajstić information content (AvgIpc) is 3.59. The Morgan fingerprint density at radius 3 is 2.78 bits per heavy atom. The number of aromatic nitrogens is 5. The Hall–Kier alpha value is -3.53. The van der Waals surface area contributed by atoms with Crippen LogP contribution >= 0.6 is 34.7 Å². The summed E-state index contributed by atoms with van der Waals surface area (Å²) in [5.41, 5.74) is 4.73. The van der Waals surface area contributed by atoms with Crippen LogP contribution < -0.4 is 0 Å². The highest BCUT2D eigenvalue weighted by Crippen LogP contribution is 2.31. The fourth-order valence-corrected chi connectivity index (χ4v) is 6.25. The molecule has 10 heteroatoms. The molecule has 0 aliphatic carbocycles. The van der Waals surface area contributed by atoms with Crippen LogP contribution in [0.5, 0.6) is 0 Å². The van der Waals surface area contributed by atoms with Crippen LogP contribution in [0.1, 0.15) is 26.6 Å². The lowest BCUT2D eigenvalue weighted by molar-refractivity contribution is 0.0729. The molecule has 0 saturated heterocycles. The lowest BCUT2D eigenvalue weighted by Gasteiger charge is -2.28. The third-order valence-corrected chi connectivity index (χ3v) is 8.34. The summed E-state index contributed by atoms with van der Waals surface area (Å²) in [6, 6.07) is 19.7. The highest BCUT2D eigenvalue weighted by atomic mass is 35.5. The van der Waals surface area contributed by atoms with Crippen LogP contribution in [-0.2, 0) is 18.7 Å². The Labute approximate surface area is 227 Å². The maximum absolute atomic E-state index is 13.1. The smallest absolute Gasteiger partial charge is 0.273 e. The van der Waals surface area contributed by atoms with Crippen molar-refractivity contribution in [2.24, 2.45) is 0 Å². The lowest BCUT2D eigenvalue weighted by atomic mass is 10.00. The number of halogens is 1. The molecule has 0 atom stereocenters. The van der Waals surface area contributed by atoms with Gasteiger partial charge < -0.3 is 4.90 Å². The Morgan fingerprint density at radius 2 is 1.95 bits per heavy atom. The van der Waals surface area contributed by atoms with Crippen molar-refractivity contribution in [3.8, 4) is 17.1 Å². The third kappa shape index (κ3) is 5.02. The first kappa shape index (κ1) is 23.8. The molecule has 0 spiro atoms. The van der Waals surface area contributed by atoms with E-state index in [-0.39, 0.29) is 5.91 Å². The van der Waals surface area contributed by atoms with Crippen molar-refractivity contribution in [2.75, 3.05) is 6.54 Å². The van der Waals surface area contributed by atoms with E-state index in [4.69, 9.17) is 11.6 Å². The Bertz CT molecular complexity index is 1570. The minimum atomic E-state index is -0.0250. The van der Waals surface area contributed by atoms with Crippen LogP contribution in [0.2, 0.25) is 5.02 Å².